The van der Waals surface area contributed by atoms with E-state index in [0.29, 0.717) is 10.6 Å². The molecule has 0 aliphatic carbocycles. The number of likely N-dealkylation sites (tertiary alicyclic amines) is 1. The first-order valence-corrected chi connectivity index (χ1v) is 8.46. The van der Waals surface area contributed by atoms with Crippen LogP contribution in [0.1, 0.15) is 17.5 Å². The van der Waals surface area contributed by atoms with Crippen molar-refractivity contribution >= 4 is 29.4 Å². The summed E-state index contributed by atoms with van der Waals surface area (Å²) in [4.78, 5) is 6.14. The van der Waals surface area contributed by atoms with Gasteiger partial charge < -0.3 is 10.0 Å². The molecule has 1 saturated heterocycles. The molecule has 3 rings (SSSR count). The topological polar surface area (TPSA) is 37.0 Å². The van der Waals surface area contributed by atoms with E-state index in [4.69, 9.17) is 23.2 Å². The molecule has 1 aliphatic rings. The van der Waals surface area contributed by atoms with Gasteiger partial charge in [0.25, 0.3) is 0 Å². The average Bonchev–Trinajstić information content (AvgIpc) is 2.98. The van der Waals surface area contributed by atoms with E-state index in [2.05, 4.69) is 29.3 Å². The Balaban J connectivity index is 1.62. The predicted molar refractivity (Wildman–Crippen MR) is 95.0 cm³/mol. The van der Waals surface area contributed by atoms with E-state index in [9.17, 15) is 5.11 Å². The highest BCUT2D eigenvalue weighted by atomic mass is 35.5. The van der Waals surface area contributed by atoms with Crippen LogP contribution < -0.4 is 4.90 Å². The molecule has 0 amide bonds. The van der Waals surface area contributed by atoms with E-state index in [-0.39, 0.29) is 16.8 Å². The molecule has 0 aromatic heterocycles. The summed E-state index contributed by atoms with van der Waals surface area (Å²) >= 11 is 11.9. The minimum Gasteiger partial charge on any atom is -0.506 e. The van der Waals surface area contributed by atoms with Gasteiger partial charge in [0.05, 0.1) is 11.6 Å². The Morgan fingerprint density at radius 1 is 1.22 bits per heavy atom. The molecule has 2 aromatic carbocycles. The van der Waals surface area contributed by atoms with E-state index in [1.54, 1.807) is 12.3 Å². The van der Waals surface area contributed by atoms with Gasteiger partial charge in [0.15, 0.2) is 0 Å². The molecule has 5 heteroatoms. The van der Waals surface area contributed by atoms with Gasteiger partial charge in [0.1, 0.15) is 24.9 Å². The highest BCUT2D eigenvalue weighted by Gasteiger charge is 2.25. The molecular weight excluding hydrogens is 331 g/mol. The molecule has 1 fully saturated rings. The minimum absolute atomic E-state index is 0.0336. The number of rotatable bonds is 4. The molecule has 0 saturated carbocycles. The third kappa shape index (κ3) is 4.25. The monoisotopic (exact) mass is 349 g/mol. The molecule has 3 nitrogen and oxygen atoms in total. The Bertz CT molecular complexity index is 704. The highest BCUT2D eigenvalue weighted by Crippen LogP contribution is 2.30. The quantitative estimate of drug-likeness (QED) is 0.818. The molecule has 1 heterocycles. The summed E-state index contributed by atoms with van der Waals surface area (Å²) in [5, 5.41) is 10.7. The zero-order valence-corrected chi connectivity index (χ0v) is 14.2. The number of halogens is 2. The van der Waals surface area contributed by atoms with Crippen molar-refractivity contribution in [1.82, 2.24) is 0 Å². The Labute approximate surface area is 146 Å². The van der Waals surface area contributed by atoms with Crippen LogP contribution in [0.2, 0.25) is 10.0 Å². The van der Waals surface area contributed by atoms with Crippen molar-refractivity contribution in [3.8, 4) is 5.75 Å². The number of nitrogens with zero attached hydrogens (tertiary/aromatic N) is 1. The van der Waals surface area contributed by atoms with Gasteiger partial charge in [0.2, 0.25) is 0 Å². The Morgan fingerprint density at radius 2 is 2.00 bits per heavy atom. The van der Waals surface area contributed by atoms with Crippen LogP contribution >= 0.6 is 23.2 Å². The third-order valence-electron chi connectivity index (χ3n) is 4.13. The van der Waals surface area contributed by atoms with Crippen LogP contribution in [-0.2, 0) is 6.54 Å². The normalized spacial score (nSPS) is 21.1. The molecule has 120 valence electrons. The first kappa shape index (κ1) is 16.3. The summed E-state index contributed by atoms with van der Waals surface area (Å²) < 4.78 is 0. The fourth-order valence-corrected chi connectivity index (χ4v) is 3.46. The van der Waals surface area contributed by atoms with Crippen LogP contribution in [0.4, 0.5) is 0 Å². The fraction of sp³-hybridized carbons (Fsp3) is 0.278. The van der Waals surface area contributed by atoms with Gasteiger partial charge in [-0.25, -0.2) is 0 Å². The van der Waals surface area contributed by atoms with Gasteiger partial charge in [-0.15, -0.1) is 0 Å². The van der Waals surface area contributed by atoms with Crippen LogP contribution in [0.3, 0.4) is 0 Å². The number of quaternary nitrogens is 1. The average molecular weight is 350 g/mol. The van der Waals surface area contributed by atoms with Crippen molar-refractivity contribution in [2.24, 2.45) is 4.99 Å². The standard InChI is InChI=1S/C18H18Cl2N2O/c19-15-8-14(18(23)17(20)9-15)10-21-16-6-7-22(12-16)11-13-4-2-1-3-5-13/h1-5,8-10,16,23H,6-7,11-12H2/p+1/t16-/m1/s1. The second-order valence-electron chi connectivity index (χ2n) is 5.91. The van der Waals surface area contributed by atoms with Gasteiger partial charge >= 0.3 is 0 Å². The number of phenolic OH excluding ortho intramolecular Hbond substituents is 1. The molecule has 2 atom stereocenters. The minimum atomic E-state index is 0.0336. The number of phenols is 1. The molecule has 0 bridgehead atoms. The van der Waals surface area contributed by atoms with E-state index >= 15 is 0 Å². The van der Waals surface area contributed by atoms with E-state index in [0.717, 1.165) is 26.1 Å². The summed E-state index contributed by atoms with van der Waals surface area (Å²) in [6.07, 6.45) is 2.73. The second-order valence-corrected chi connectivity index (χ2v) is 6.76. The smallest absolute Gasteiger partial charge is 0.143 e. The summed E-state index contributed by atoms with van der Waals surface area (Å²) in [6.45, 7) is 3.14. The Kier molecular flexibility index (Phi) is 5.21. The molecular formula is C18H19Cl2N2O+. The van der Waals surface area contributed by atoms with Crippen molar-refractivity contribution in [3.63, 3.8) is 0 Å². The van der Waals surface area contributed by atoms with E-state index in [1.165, 1.54) is 16.5 Å². The van der Waals surface area contributed by atoms with E-state index < -0.39 is 0 Å². The van der Waals surface area contributed by atoms with Crippen LogP contribution in [0.5, 0.6) is 5.75 Å². The number of hydrogen-bond acceptors (Lipinski definition) is 2. The summed E-state index contributed by atoms with van der Waals surface area (Å²) in [6, 6.07) is 14.0. The fourth-order valence-electron chi connectivity index (χ4n) is 2.95. The zero-order chi connectivity index (χ0) is 16.2. The van der Waals surface area contributed by atoms with E-state index in [1.807, 2.05) is 6.07 Å². The van der Waals surface area contributed by atoms with Gasteiger partial charge in [-0.05, 0) is 12.1 Å². The molecule has 1 unspecified atom stereocenters. The van der Waals surface area contributed by atoms with Crippen LogP contribution in [0.25, 0.3) is 0 Å². The lowest BCUT2D eigenvalue weighted by Gasteiger charge is -2.12. The molecule has 23 heavy (non-hydrogen) atoms. The van der Waals surface area contributed by atoms with Crippen LogP contribution in [-0.4, -0.2) is 30.5 Å². The summed E-state index contributed by atoms with van der Waals surface area (Å²) in [5.41, 5.74) is 1.92. The summed E-state index contributed by atoms with van der Waals surface area (Å²) in [7, 11) is 0. The SMILES string of the molecule is Oc1c(Cl)cc(Cl)cc1C=N[C@@H]1CC[NH+](Cc2ccccc2)C1. The predicted octanol–water partition coefficient (Wildman–Crippen LogP) is 2.98. The summed E-state index contributed by atoms with van der Waals surface area (Å²) in [5.74, 6) is 0.0336. The first-order chi connectivity index (χ1) is 11.1. The van der Waals surface area contributed by atoms with Crippen molar-refractivity contribution in [3.05, 3.63) is 63.6 Å². The zero-order valence-electron chi connectivity index (χ0n) is 12.7. The lowest BCUT2D eigenvalue weighted by atomic mass is 10.2. The third-order valence-corrected chi connectivity index (χ3v) is 4.64. The van der Waals surface area contributed by atoms with Gasteiger partial charge in [0, 0.05) is 28.8 Å². The maximum Gasteiger partial charge on any atom is 0.143 e. The Morgan fingerprint density at radius 3 is 2.78 bits per heavy atom. The number of nitrogens with one attached hydrogen (secondary N) is 1. The molecule has 2 N–H and O–H groups in total. The van der Waals surface area contributed by atoms with Gasteiger partial charge in [-0.3, -0.25) is 4.99 Å². The van der Waals surface area contributed by atoms with Crippen LogP contribution in [0, 0.1) is 0 Å². The Hall–Kier alpha value is -1.55. The van der Waals surface area contributed by atoms with Crippen LogP contribution in [0.15, 0.2) is 47.5 Å². The lowest BCUT2D eigenvalue weighted by Crippen LogP contribution is -3.09. The first-order valence-electron chi connectivity index (χ1n) is 7.70. The van der Waals surface area contributed by atoms with Crippen molar-refractivity contribution in [2.75, 3.05) is 13.1 Å². The largest absolute Gasteiger partial charge is 0.506 e. The highest BCUT2D eigenvalue weighted by molar-refractivity contribution is 6.36. The molecule has 0 radical (unpaired) electrons. The number of aliphatic imine (C=N–C) groups is 1. The van der Waals surface area contributed by atoms with Crippen molar-refractivity contribution in [1.29, 1.82) is 0 Å². The second kappa shape index (κ2) is 7.35. The van der Waals surface area contributed by atoms with Gasteiger partial charge in [-0.1, -0.05) is 53.5 Å². The lowest BCUT2D eigenvalue weighted by molar-refractivity contribution is -0.901. The molecule has 2 aromatic rings. The number of aromatic hydroxyl groups is 1. The number of hydrogen-bond donors (Lipinski definition) is 2. The molecule has 0 spiro atoms. The van der Waals surface area contributed by atoms with Crippen molar-refractivity contribution in [2.45, 2.75) is 19.0 Å². The maximum absolute atomic E-state index is 9.96. The number of benzene rings is 2. The van der Waals surface area contributed by atoms with Gasteiger partial charge in [-0.2, -0.15) is 0 Å². The maximum atomic E-state index is 9.96. The molecule has 1 aliphatic heterocycles. The van der Waals surface area contributed by atoms with Crippen molar-refractivity contribution < 1.29 is 10.0 Å².